The van der Waals surface area contributed by atoms with Gasteiger partial charge in [0.2, 0.25) is 0 Å². The van der Waals surface area contributed by atoms with Gasteiger partial charge >= 0.3 is 0 Å². The minimum atomic E-state index is -0.0149. The number of rotatable bonds is 3. The molecule has 1 aliphatic rings. The van der Waals surface area contributed by atoms with E-state index in [1.54, 1.807) is 5.19 Å². The Morgan fingerprint density at radius 2 is 1.77 bits per heavy atom. The quantitative estimate of drug-likeness (QED) is 0.630. The Morgan fingerprint density at radius 3 is 2.46 bits per heavy atom. The summed E-state index contributed by atoms with van der Waals surface area (Å²) in [6.45, 7) is 2.69. The highest BCUT2D eigenvalue weighted by Crippen LogP contribution is 2.05. The van der Waals surface area contributed by atoms with Crippen LogP contribution < -0.4 is 5.19 Å². The molecule has 0 radical (unpaired) electrons. The Labute approximate surface area is 82.6 Å². The molecule has 1 aromatic carbocycles. The highest BCUT2D eigenvalue weighted by atomic mass is 28.2. The van der Waals surface area contributed by atoms with Gasteiger partial charge < -0.3 is 4.90 Å². The van der Waals surface area contributed by atoms with Crippen LogP contribution in [0.25, 0.3) is 0 Å². The monoisotopic (exact) mass is 191 g/mol. The minimum absolute atomic E-state index is 0.0149. The van der Waals surface area contributed by atoms with Crippen LogP contribution in [0.15, 0.2) is 30.3 Å². The number of hydrogen-bond acceptors (Lipinski definition) is 1. The summed E-state index contributed by atoms with van der Waals surface area (Å²) in [5.74, 6) is 0. The van der Waals surface area contributed by atoms with Gasteiger partial charge in [0, 0.05) is 0 Å². The summed E-state index contributed by atoms with van der Waals surface area (Å²) in [4.78, 5) is 2.62. The van der Waals surface area contributed by atoms with Crippen LogP contribution in [-0.4, -0.2) is 33.7 Å². The van der Waals surface area contributed by atoms with Gasteiger partial charge in [0.15, 0.2) is 0 Å². The first-order valence-electron chi connectivity index (χ1n) is 5.21. The van der Waals surface area contributed by atoms with Crippen LogP contribution in [-0.2, 0) is 0 Å². The van der Waals surface area contributed by atoms with Crippen molar-refractivity contribution in [3.8, 4) is 0 Å². The topological polar surface area (TPSA) is 3.24 Å². The molecule has 0 unspecified atom stereocenters. The van der Waals surface area contributed by atoms with E-state index in [1.807, 2.05) is 0 Å². The van der Waals surface area contributed by atoms with Gasteiger partial charge in [0.25, 0.3) is 0 Å². The molecule has 0 N–H and O–H groups in total. The molecule has 0 bridgehead atoms. The van der Waals surface area contributed by atoms with E-state index in [2.05, 4.69) is 35.2 Å². The van der Waals surface area contributed by atoms with Crippen molar-refractivity contribution >= 4 is 14.7 Å². The summed E-state index contributed by atoms with van der Waals surface area (Å²) in [7, 11) is -0.0149. The second kappa shape index (κ2) is 4.58. The van der Waals surface area contributed by atoms with Gasteiger partial charge in [0.1, 0.15) is 0 Å². The molecule has 0 amide bonds. The number of nitrogens with zero attached hydrogens (tertiary/aromatic N) is 1. The number of hydrogen-bond donors (Lipinski definition) is 0. The SMILES string of the molecule is c1ccc([SiH2]CN2CCCC2)cc1. The second-order valence-corrected chi connectivity index (χ2v) is 5.55. The van der Waals surface area contributed by atoms with E-state index in [4.69, 9.17) is 0 Å². The smallest absolute Gasteiger partial charge is 0.0704 e. The molecule has 70 valence electrons. The zero-order chi connectivity index (χ0) is 8.93. The molecule has 13 heavy (non-hydrogen) atoms. The van der Waals surface area contributed by atoms with E-state index < -0.39 is 0 Å². The fraction of sp³-hybridized carbons (Fsp3) is 0.455. The molecule has 1 nitrogen and oxygen atoms in total. The molecule has 0 aromatic heterocycles. The first kappa shape index (κ1) is 8.97. The largest absolute Gasteiger partial charge is 0.306 e. The van der Waals surface area contributed by atoms with Crippen LogP contribution in [0.4, 0.5) is 0 Å². The van der Waals surface area contributed by atoms with Crippen molar-refractivity contribution in [1.82, 2.24) is 4.90 Å². The highest BCUT2D eigenvalue weighted by molar-refractivity contribution is 6.53. The molecule has 2 rings (SSSR count). The molecule has 1 aliphatic heterocycles. The predicted octanol–water partition coefficient (Wildman–Crippen LogP) is 0.534. The van der Waals surface area contributed by atoms with Crippen LogP contribution in [0.5, 0.6) is 0 Å². The zero-order valence-corrected chi connectivity index (χ0v) is 9.49. The van der Waals surface area contributed by atoms with Gasteiger partial charge in [-0.2, -0.15) is 0 Å². The Kier molecular flexibility index (Phi) is 3.16. The highest BCUT2D eigenvalue weighted by Gasteiger charge is 2.10. The second-order valence-electron chi connectivity index (χ2n) is 3.78. The maximum absolute atomic E-state index is 2.62. The standard InChI is InChI=1S/C11H17NSi/c1-2-6-11(7-3-1)13-10-12-8-4-5-9-12/h1-3,6-7H,4-5,8-10,13H2. The summed E-state index contributed by atoms with van der Waals surface area (Å²) in [6, 6.07) is 11.0. The lowest BCUT2D eigenvalue weighted by Crippen LogP contribution is -2.30. The minimum Gasteiger partial charge on any atom is -0.306 e. The number of likely N-dealkylation sites (tertiary alicyclic amines) is 1. The molecule has 1 fully saturated rings. The van der Waals surface area contributed by atoms with E-state index in [-0.39, 0.29) is 9.52 Å². The van der Waals surface area contributed by atoms with Crippen molar-refractivity contribution in [3.63, 3.8) is 0 Å². The van der Waals surface area contributed by atoms with Crippen LogP contribution in [0.3, 0.4) is 0 Å². The van der Waals surface area contributed by atoms with E-state index in [9.17, 15) is 0 Å². The zero-order valence-electron chi connectivity index (χ0n) is 8.08. The van der Waals surface area contributed by atoms with Crippen molar-refractivity contribution in [1.29, 1.82) is 0 Å². The maximum Gasteiger partial charge on any atom is 0.0704 e. The van der Waals surface area contributed by atoms with Crippen molar-refractivity contribution in [2.45, 2.75) is 12.8 Å². The van der Waals surface area contributed by atoms with Gasteiger partial charge in [-0.05, 0) is 32.1 Å². The fourth-order valence-electron chi connectivity index (χ4n) is 1.94. The molecular weight excluding hydrogens is 174 g/mol. The van der Waals surface area contributed by atoms with Gasteiger partial charge in [-0.15, -0.1) is 0 Å². The third-order valence-electron chi connectivity index (χ3n) is 2.76. The fourth-order valence-corrected chi connectivity index (χ4v) is 3.57. The molecule has 0 spiro atoms. The van der Waals surface area contributed by atoms with E-state index in [1.165, 1.54) is 32.1 Å². The summed E-state index contributed by atoms with van der Waals surface area (Å²) in [5, 5.41) is 1.61. The van der Waals surface area contributed by atoms with Crippen LogP contribution in [0.1, 0.15) is 12.8 Å². The lowest BCUT2D eigenvalue weighted by molar-refractivity contribution is 0.395. The summed E-state index contributed by atoms with van der Waals surface area (Å²) in [6.07, 6.45) is 4.22. The third-order valence-corrected chi connectivity index (χ3v) is 4.66. The van der Waals surface area contributed by atoms with E-state index in [0.717, 1.165) is 0 Å². The first-order chi connectivity index (χ1) is 6.45. The first-order valence-corrected chi connectivity index (χ1v) is 6.92. The third kappa shape index (κ3) is 2.67. The van der Waals surface area contributed by atoms with Crippen LogP contribution in [0.2, 0.25) is 0 Å². The molecule has 0 atom stereocenters. The molecular formula is C11H17NSi. The number of benzene rings is 1. The molecule has 1 heterocycles. The van der Waals surface area contributed by atoms with Gasteiger partial charge in [-0.25, -0.2) is 0 Å². The van der Waals surface area contributed by atoms with Crippen molar-refractivity contribution < 1.29 is 0 Å². The van der Waals surface area contributed by atoms with Gasteiger partial charge in [0.05, 0.1) is 9.52 Å². The summed E-state index contributed by atoms with van der Waals surface area (Å²) >= 11 is 0. The average molecular weight is 191 g/mol. The summed E-state index contributed by atoms with van der Waals surface area (Å²) < 4.78 is 0. The lowest BCUT2D eigenvalue weighted by Gasteiger charge is -2.13. The van der Waals surface area contributed by atoms with E-state index >= 15 is 0 Å². The molecule has 1 aromatic rings. The lowest BCUT2D eigenvalue weighted by atomic mass is 10.4. The van der Waals surface area contributed by atoms with Crippen molar-refractivity contribution in [2.24, 2.45) is 0 Å². The molecule has 0 aliphatic carbocycles. The predicted molar refractivity (Wildman–Crippen MR) is 60.3 cm³/mol. The molecule has 2 heteroatoms. The van der Waals surface area contributed by atoms with Crippen molar-refractivity contribution in [3.05, 3.63) is 30.3 Å². The Bertz CT molecular complexity index is 242. The molecule has 1 saturated heterocycles. The Morgan fingerprint density at radius 1 is 1.08 bits per heavy atom. The Balaban J connectivity index is 1.79. The van der Waals surface area contributed by atoms with Gasteiger partial charge in [-0.3, -0.25) is 0 Å². The van der Waals surface area contributed by atoms with Crippen LogP contribution in [0, 0.1) is 0 Å². The van der Waals surface area contributed by atoms with Crippen molar-refractivity contribution in [2.75, 3.05) is 19.3 Å². The average Bonchev–Trinajstić information content (AvgIpc) is 2.69. The van der Waals surface area contributed by atoms with Gasteiger partial charge in [-0.1, -0.05) is 35.5 Å². The van der Waals surface area contributed by atoms with E-state index in [0.29, 0.717) is 0 Å². The normalized spacial score (nSPS) is 18.8. The maximum atomic E-state index is 2.62. The molecule has 0 saturated carbocycles. The van der Waals surface area contributed by atoms with Crippen LogP contribution >= 0.6 is 0 Å². The Hall–Kier alpha value is -0.603. The summed E-state index contributed by atoms with van der Waals surface area (Å²) in [5.41, 5.74) is 0.